The average Bonchev–Trinajstić information content (AvgIpc) is 2.83. The Balaban J connectivity index is 0.000000638. The molecule has 1 amide bonds. The lowest BCUT2D eigenvalue weighted by molar-refractivity contribution is -0.192. The first-order valence-electron chi connectivity index (χ1n) is 11.1. The van der Waals surface area contributed by atoms with Gasteiger partial charge in [-0.3, -0.25) is 4.79 Å². The number of alkyl halides is 3. The fourth-order valence-electron chi connectivity index (χ4n) is 3.48. The predicted octanol–water partition coefficient (Wildman–Crippen LogP) is 2.38. The minimum Gasteiger partial charge on any atom is -0.475 e. The van der Waals surface area contributed by atoms with Crippen LogP contribution in [0.15, 0.2) is 48.5 Å². The fourth-order valence-corrected chi connectivity index (χ4v) is 3.93. The molecule has 206 valence electrons. The summed E-state index contributed by atoms with van der Waals surface area (Å²) in [4.78, 5) is 21.6. The second-order valence-electron chi connectivity index (χ2n) is 8.40. The summed E-state index contributed by atoms with van der Waals surface area (Å²) in [5, 5.41) is 19.5. The number of amides is 1. The van der Waals surface area contributed by atoms with Crippen molar-refractivity contribution in [1.82, 2.24) is 5.32 Å². The molecule has 1 aliphatic heterocycles. The van der Waals surface area contributed by atoms with Gasteiger partial charge >= 0.3 is 22.3 Å². The molecule has 38 heavy (non-hydrogen) atoms. The minimum absolute atomic E-state index is 0.139. The number of nitrogens with two attached hydrogens (primary N) is 1. The highest BCUT2D eigenvalue weighted by Crippen LogP contribution is 2.29. The lowest BCUT2D eigenvalue weighted by Crippen LogP contribution is -2.58. The summed E-state index contributed by atoms with van der Waals surface area (Å²) in [5.74, 6) is -3.01. The van der Waals surface area contributed by atoms with Gasteiger partial charge in [0.2, 0.25) is 5.91 Å². The van der Waals surface area contributed by atoms with Crippen molar-refractivity contribution in [3.8, 4) is 22.9 Å². The molecule has 10 nitrogen and oxygen atoms in total. The number of nitrogens with zero attached hydrogens (tertiary/aromatic N) is 1. The molecule has 1 fully saturated rings. The van der Waals surface area contributed by atoms with Gasteiger partial charge in [0.05, 0.1) is 17.9 Å². The molecule has 0 bridgehead atoms. The number of carboxylic acid groups (broad SMARTS) is 1. The standard InChI is InChI=1S/C22H25N3O5S.C2HF3O2/c1-31(27,28)30-19-7-8-20(16-5-3-2-4-6-16)17(14-19)13-18(15-23)25-21(26)22(24)9-11-29-12-10-22;3-2(4,5)1(6)7/h2-8,14,18H,9-13,24H2,1H3,(H,25,26);(H,6,7). The summed E-state index contributed by atoms with van der Waals surface area (Å²) >= 11 is 0. The molecule has 2 aromatic carbocycles. The van der Waals surface area contributed by atoms with E-state index in [1.165, 1.54) is 0 Å². The number of nitrogens with one attached hydrogen (secondary N) is 1. The summed E-state index contributed by atoms with van der Waals surface area (Å²) in [5.41, 5.74) is 7.52. The Kier molecular flexibility index (Phi) is 10.2. The van der Waals surface area contributed by atoms with Crippen LogP contribution in [0.2, 0.25) is 0 Å². The highest BCUT2D eigenvalue weighted by molar-refractivity contribution is 7.86. The van der Waals surface area contributed by atoms with Crippen LogP contribution < -0.4 is 15.2 Å². The van der Waals surface area contributed by atoms with Crippen LogP contribution in [-0.2, 0) is 30.9 Å². The Hall–Kier alpha value is -3.67. The monoisotopic (exact) mass is 557 g/mol. The van der Waals surface area contributed by atoms with E-state index in [2.05, 4.69) is 11.4 Å². The number of aliphatic carboxylic acids is 1. The van der Waals surface area contributed by atoms with Crippen molar-refractivity contribution in [2.45, 2.75) is 37.0 Å². The summed E-state index contributed by atoms with van der Waals surface area (Å²) in [6.45, 7) is 0.786. The Morgan fingerprint density at radius 2 is 1.79 bits per heavy atom. The smallest absolute Gasteiger partial charge is 0.475 e. The van der Waals surface area contributed by atoms with Gasteiger partial charge in [-0.15, -0.1) is 0 Å². The first kappa shape index (κ1) is 30.6. The summed E-state index contributed by atoms with van der Waals surface area (Å²) in [6, 6.07) is 15.6. The summed E-state index contributed by atoms with van der Waals surface area (Å²) in [7, 11) is -3.71. The number of rotatable bonds is 7. The van der Waals surface area contributed by atoms with Gasteiger partial charge in [0.25, 0.3) is 0 Å². The Bertz CT molecular complexity index is 1270. The molecule has 14 heteroatoms. The van der Waals surface area contributed by atoms with E-state index in [1.807, 2.05) is 30.3 Å². The van der Waals surface area contributed by atoms with Gasteiger partial charge in [0, 0.05) is 19.6 Å². The maximum absolute atomic E-state index is 12.7. The van der Waals surface area contributed by atoms with Crippen molar-refractivity contribution in [1.29, 1.82) is 5.26 Å². The molecule has 0 saturated carbocycles. The van der Waals surface area contributed by atoms with Crippen LogP contribution in [0, 0.1) is 11.3 Å². The molecule has 0 spiro atoms. The Morgan fingerprint density at radius 3 is 2.29 bits per heavy atom. The van der Waals surface area contributed by atoms with Crippen LogP contribution >= 0.6 is 0 Å². The van der Waals surface area contributed by atoms with E-state index in [4.69, 9.17) is 24.6 Å². The molecule has 0 aliphatic carbocycles. The molecule has 1 unspecified atom stereocenters. The normalized spacial score (nSPS) is 15.7. The zero-order chi connectivity index (χ0) is 28.6. The van der Waals surface area contributed by atoms with Gasteiger partial charge in [-0.25, -0.2) is 4.79 Å². The predicted molar refractivity (Wildman–Crippen MR) is 129 cm³/mol. The van der Waals surface area contributed by atoms with Crippen molar-refractivity contribution in [2.75, 3.05) is 19.5 Å². The number of carbonyl (C=O) groups is 2. The SMILES string of the molecule is CS(=O)(=O)Oc1ccc(-c2ccccc2)c(CC(C#N)NC(=O)C2(N)CCOCC2)c1.O=C(O)C(F)(F)F. The topological polar surface area (TPSA) is 169 Å². The maximum atomic E-state index is 12.7. The van der Waals surface area contributed by atoms with Crippen LogP contribution in [0.1, 0.15) is 18.4 Å². The number of nitriles is 1. The van der Waals surface area contributed by atoms with Crippen LogP contribution in [0.25, 0.3) is 11.1 Å². The molecule has 1 saturated heterocycles. The number of hydrogen-bond donors (Lipinski definition) is 3. The molecular formula is C24H26F3N3O7S. The third-order valence-electron chi connectivity index (χ3n) is 5.37. The van der Waals surface area contributed by atoms with Crippen molar-refractivity contribution in [3.63, 3.8) is 0 Å². The third-order valence-corrected chi connectivity index (χ3v) is 5.87. The average molecular weight is 558 g/mol. The van der Waals surface area contributed by atoms with E-state index < -0.39 is 39.8 Å². The number of hydrogen-bond acceptors (Lipinski definition) is 8. The summed E-state index contributed by atoms with van der Waals surface area (Å²) in [6.07, 6.45) is -3.21. The van der Waals surface area contributed by atoms with Gasteiger partial charge in [-0.05, 0) is 41.7 Å². The van der Waals surface area contributed by atoms with Crippen molar-refractivity contribution in [2.24, 2.45) is 5.73 Å². The first-order chi connectivity index (χ1) is 17.6. The summed E-state index contributed by atoms with van der Waals surface area (Å²) < 4.78 is 65.1. The largest absolute Gasteiger partial charge is 0.490 e. The van der Waals surface area contributed by atoms with Gasteiger partial charge in [-0.2, -0.15) is 26.9 Å². The zero-order valence-electron chi connectivity index (χ0n) is 20.2. The molecule has 1 atom stereocenters. The fraction of sp³-hybridized carbons (Fsp3) is 0.375. The highest BCUT2D eigenvalue weighted by Gasteiger charge is 2.38. The van der Waals surface area contributed by atoms with Crippen molar-refractivity contribution >= 4 is 22.0 Å². The first-order valence-corrected chi connectivity index (χ1v) is 12.9. The Labute approximate surface area is 217 Å². The molecule has 3 rings (SSSR count). The van der Waals surface area contributed by atoms with E-state index >= 15 is 0 Å². The number of benzene rings is 2. The number of halogens is 3. The molecule has 0 aromatic heterocycles. The molecule has 0 radical (unpaired) electrons. The zero-order valence-corrected chi connectivity index (χ0v) is 21.0. The van der Waals surface area contributed by atoms with E-state index in [0.29, 0.717) is 31.6 Å². The van der Waals surface area contributed by atoms with Crippen molar-refractivity contribution < 1.29 is 45.2 Å². The second kappa shape index (κ2) is 12.7. The lowest BCUT2D eigenvalue weighted by Gasteiger charge is -2.32. The lowest BCUT2D eigenvalue weighted by atomic mass is 9.89. The van der Waals surface area contributed by atoms with Crippen LogP contribution in [0.5, 0.6) is 5.75 Å². The second-order valence-corrected chi connectivity index (χ2v) is 9.98. The molecular weight excluding hydrogens is 531 g/mol. The van der Waals surface area contributed by atoms with E-state index in [0.717, 1.165) is 17.4 Å². The molecule has 1 aliphatic rings. The van der Waals surface area contributed by atoms with Gasteiger partial charge in [0.15, 0.2) is 0 Å². The molecule has 2 aromatic rings. The number of carboxylic acids is 1. The quantitative estimate of drug-likeness (QED) is 0.433. The number of ether oxygens (including phenoxy) is 1. The molecule has 4 N–H and O–H groups in total. The van der Waals surface area contributed by atoms with Crippen LogP contribution in [0.4, 0.5) is 13.2 Å². The number of carbonyl (C=O) groups excluding carboxylic acids is 1. The van der Waals surface area contributed by atoms with E-state index in [-0.39, 0.29) is 12.2 Å². The highest BCUT2D eigenvalue weighted by atomic mass is 32.2. The minimum atomic E-state index is -5.08. The van der Waals surface area contributed by atoms with Gasteiger partial charge in [0.1, 0.15) is 11.8 Å². The third kappa shape index (κ3) is 9.33. The van der Waals surface area contributed by atoms with E-state index in [1.54, 1.807) is 18.2 Å². The van der Waals surface area contributed by atoms with E-state index in [9.17, 15) is 31.6 Å². The maximum Gasteiger partial charge on any atom is 0.490 e. The van der Waals surface area contributed by atoms with Gasteiger partial charge < -0.3 is 25.1 Å². The Morgan fingerprint density at radius 1 is 1.21 bits per heavy atom. The van der Waals surface area contributed by atoms with Crippen LogP contribution in [-0.4, -0.2) is 62.6 Å². The van der Waals surface area contributed by atoms with Gasteiger partial charge in [-0.1, -0.05) is 36.4 Å². The van der Waals surface area contributed by atoms with Crippen molar-refractivity contribution in [3.05, 3.63) is 54.1 Å². The molecule has 1 heterocycles. The van der Waals surface area contributed by atoms with Crippen LogP contribution in [0.3, 0.4) is 0 Å².